The second-order valence-electron chi connectivity index (χ2n) is 5.53. The van der Waals surface area contributed by atoms with Gasteiger partial charge in [0.25, 0.3) is 11.5 Å². The molecule has 6 heteroatoms. The average Bonchev–Trinajstić information content (AvgIpc) is 2.67. The second kappa shape index (κ2) is 8.89. The summed E-state index contributed by atoms with van der Waals surface area (Å²) >= 11 is 0. The molecule has 0 N–H and O–H groups in total. The Morgan fingerprint density at radius 2 is 1.77 bits per heavy atom. The molecule has 1 aromatic carbocycles. The summed E-state index contributed by atoms with van der Waals surface area (Å²) in [4.78, 5) is 26.9. The van der Waals surface area contributed by atoms with Gasteiger partial charge in [-0.1, -0.05) is 12.1 Å². The zero-order valence-corrected chi connectivity index (χ0v) is 15.6. The van der Waals surface area contributed by atoms with Crippen molar-refractivity contribution in [1.29, 1.82) is 0 Å². The number of benzene rings is 1. The van der Waals surface area contributed by atoms with Gasteiger partial charge < -0.3 is 14.4 Å². The first-order valence-electron chi connectivity index (χ1n) is 8.46. The Balaban J connectivity index is 2.60. The van der Waals surface area contributed by atoms with E-state index in [1.807, 2.05) is 19.9 Å². The van der Waals surface area contributed by atoms with Crippen LogP contribution in [0.4, 0.5) is 0 Å². The molecule has 0 atom stereocenters. The minimum atomic E-state index is -0.264. The molecule has 0 aliphatic heterocycles. The molecule has 0 fully saturated rings. The topological polar surface area (TPSA) is 60.8 Å². The van der Waals surface area contributed by atoms with Crippen molar-refractivity contribution in [2.45, 2.75) is 13.8 Å². The fourth-order valence-corrected chi connectivity index (χ4v) is 2.63. The van der Waals surface area contributed by atoms with E-state index in [9.17, 15) is 9.59 Å². The fourth-order valence-electron chi connectivity index (χ4n) is 2.63. The van der Waals surface area contributed by atoms with E-state index in [1.54, 1.807) is 55.7 Å². The van der Waals surface area contributed by atoms with Crippen molar-refractivity contribution in [1.82, 2.24) is 9.47 Å². The lowest BCUT2D eigenvalue weighted by Gasteiger charge is -2.21. The molecule has 1 heterocycles. The maximum atomic E-state index is 13.0. The monoisotopic (exact) mass is 356 g/mol. The molecule has 0 unspecified atom stereocenters. The lowest BCUT2D eigenvalue weighted by atomic mass is 10.1. The van der Waals surface area contributed by atoms with Gasteiger partial charge in [-0.05, 0) is 43.7 Å². The first-order valence-corrected chi connectivity index (χ1v) is 8.46. The third kappa shape index (κ3) is 4.14. The van der Waals surface area contributed by atoms with Crippen molar-refractivity contribution < 1.29 is 14.3 Å². The average molecular weight is 356 g/mol. The molecule has 2 rings (SSSR count). The van der Waals surface area contributed by atoms with Crippen LogP contribution in [-0.4, -0.2) is 42.7 Å². The van der Waals surface area contributed by atoms with Crippen LogP contribution in [0.3, 0.4) is 0 Å². The van der Waals surface area contributed by atoms with Crippen molar-refractivity contribution in [3.63, 3.8) is 0 Å². The summed E-state index contributed by atoms with van der Waals surface area (Å²) in [5.74, 6) is 0.938. The van der Waals surface area contributed by atoms with Crippen molar-refractivity contribution in [3.8, 4) is 11.5 Å². The molecule has 0 radical (unpaired) electrons. The van der Waals surface area contributed by atoms with Crippen molar-refractivity contribution >= 4 is 17.7 Å². The van der Waals surface area contributed by atoms with E-state index in [2.05, 4.69) is 0 Å². The summed E-state index contributed by atoms with van der Waals surface area (Å²) in [5, 5.41) is 0. The standard InChI is InChI=1S/C20H24N2O4/c1-5-21(6-2)20(24)16(22-12-8-7-9-19(22)23)13-15-10-11-17(25-3)18(14-15)26-4/h7-14H,5-6H2,1-4H3/b16-13+. The molecule has 26 heavy (non-hydrogen) atoms. The van der Waals surface area contributed by atoms with Gasteiger partial charge in [0.15, 0.2) is 11.5 Å². The third-order valence-electron chi connectivity index (χ3n) is 4.06. The van der Waals surface area contributed by atoms with E-state index in [4.69, 9.17) is 9.47 Å². The van der Waals surface area contributed by atoms with Gasteiger partial charge in [0.1, 0.15) is 5.70 Å². The highest BCUT2D eigenvalue weighted by Crippen LogP contribution is 2.28. The Morgan fingerprint density at radius 3 is 2.35 bits per heavy atom. The van der Waals surface area contributed by atoms with E-state index in [0.717, 1.165) is 5.56 Å². The number of hydrogen-bond donors (Lipinski definition) is 0. The van der Waals surface area contributed by atoms with Crippen LogP contribution in [-0.2, 0) is 4.79 Å². The summed E-state index contributed by atoms with van der Waals surface area (Å²) < 4.78 is 11.9. The Hall–Kier alpha value is -3.02. The molecule has 0 saturated heterocycles. The van der Waals surface area contributed by atoms with Crippen LogP contribution in [0.5, 0.6) is 11.5 Å². The SMILES string of the molecule is CCN(CC)C(=O)/C(=C\c1ccc(OC)c(OC)c1)n1ccccc1=O. The van der Waals surface area contributed by atoms with Gasteiger partial charge in [0, 0.05) is 25.4 Å². The Labute approximate surface area is 153 Å². The molecule has 0 aliphatic rings. The van der Waals surface area contributed by atoms with Crippen molar-refractivity contribution in [3.05, 3.63) is 58.5 Å². The van der Waals surface area contributed by atoms with E-state index in [1.165, 1.54) is 10.6 Å². The summed E-state index contributed by atoms with van der Waals surface area (Å²) in [7, 11) is 3.11. The highest BCUT2D eigenvalue weighted by atomic mass is 16.5. The Kier molecular flexibility index (Phi) is 6.60. The number of rotatable bonds is 7. The lowest BCUT2D eigenvalue weighted by Crippen LogP contribution is -2.35. The smallest absolute Gasteiger partial charge is 0.270 e. The molecule has 138 valence electrons. The van der Waals surface area contributed by atoms with Crippen LogP contribution in [0.2, 0.25) is 0 Å². The van der Waals surface area contributed by atoms with Crippen LogP contribution in [0.1, 0.15) is 19.4 Å². The summed E-state index contributed by atoms with van der Waals surface area (Å²) in [5.41, 5.74) is 0.750. The number of carbonyl (C=O) groups excluding carboxylic acids is 1. The Morgan fingerprint density at radius 1 is 1.08 bits per heavy atom. The summed E-state index contributed by atoms with van der Waals surface area (Å²) in [6.07, 6.45) is 3.28. The number of methoxy groups -OCH3 is 2. The molecule has 6 nitrogen and oxygen atoms in total. The van der Waals surface area contributed by atoms with Gasteiger partial charge >= 0.3 is 0 Å². The fraction of sp³-hybridized carbons (Fsp3) is 0.300. The van der Waals surface area contributed by atoms with Gasteiger partial charge in [0.2, 0.25) is 0 Å². The maximum absolute atomic E-state index is 13.0. The minimum absolute atomic E-state index is 0.210. The molecular formula is C20H24N2O4. The van der Waals surface area contributed by atoms with Gasteiger partial charge in [-0.3, -0.25) is 14.2 Å². The van der Waals surface area contributed by atoms with Crippen LogP contribution in [0.25, 0.3) is 11.8 Å². The molecule has 0 bridgehead atoms. The number of amides is 1. The molecule has 0 spiro atoms. The number of aromatic nitrogens is 1. The van der Waals surface area contributed by atoms with Crippen LogP contribution in [0.15, 0.2) is 47.4 Å². The van der Waals surface area contributed by atoms with E-state index < -0.39 is 0 Å². The Bertz CT molecular complexity index is 851. The van der Waals surface area contributed by atoms with Gasteiger partial charge in [-0.2, -0.15) is 0 Å². The predicted molar refractivity (Wildman–Crippen MR) is 102 cm³/mol. The van der Waals surface area contributed by atoms with Crippen LogP contribution >= 0.6 is 0 Å². The largest absolute Gasteiger partial charge is 0.493 e. The van der Waals surface area contributed by atoms with Crippen molar-refractivity contribution in [2.75, 3.05) is 27.3 Å². The van der Waals surface area contributed by atoms with Gasteiger partial charge in [-0.15, -0.1) is 0 Å². The number of hydrogen-bond acceptors (Lipinski definition) is 4. The lowest BCUT2D eigenvalue weighted by molar-refractivity contribution is -0.125. The number of nitrogens with zero attached hydrogens (tertiary/aromatic N) is 2. The predicted octanol–water partition coefficient (Wildman–Crippen LogP) is 2.73. The van der Waals surface area contributed by atoms with E-state index in [0.29, 0.717) is 24.6 Å². The van der Waals surface area contributed by atoms with E-state index in [-0.39, 0.29) is 17.2 Å². The first-order chi connectivity index (χ1) is 12.5. The normalized spacial score (nSPS) is 11.2. The number of carbonyl (C=O) groups is 1. The highest BCUT2D eigenvalue weighted by molar-refractivity contribution is 6.18. The zero-order valence-electron chi connectivity index (χ0n) is 15.6. The second-order valence-corrected chi connectivity index (χ2v) is 5.53. The van der Waals surface area contributed by atoms with Crippen LogP contribution in [0, 0.1) is 0 Å². The molecule has 0 aliphatic carbocycles. The number of likely N-dealkylation sites (N-methyl/N-ethyl adjacent to an activating group) is 1. The molecule has 1 aromatic heterocycles. The van der Waals surface area contributed by atoms with Crippen LogP contribution < -0.4 is 15.0 Å². The minimum Gasteiger partial charge on any atom is -0.493 e. The zero-order chi connectivity index (χ0) is 19.1. The number of ether oxygens (including phenoxy) is 2. The number of pyridine rings is 1. The molecule has 2 aromatic rings. The maximum Gasteiger partial charge on any atom is 0.270 e. The van der Waals surface area contributed by atoms with E-state index >= 15 is 0 Å². The third-order valence-corrected chi connectivity index (χ3v) is 4.06. The quantitative estimate of drug-likeness (QED) is 0.716. The molecule has 1 amide bonds. The summed E-state index contributed by atoms with van der Waals surface area (Å²) in [6.45, 7) is 4.92. The molecule has 0 saturated carbocycles. The van der Waals surface area contributed by atoms with Gasteiger partial charge in [-0.25, -0.2) is 0 Å². The van der Waals surface area contributed by atoms with Crippen molar-refractivity contribution in [2.24, 2.45) is 0 Å². The molecular weight excluding hydrogens is 332 g/mol. The highest BCUT2D eigenvalue weighted by Gasteiger charge is 2.18. The summed E-state index contributed by atoms with van der Waals surface area (Å²) in [6, 6.07) is 10.1. The van der Waals surface area contributed by atoms with Gasteiger partial charge in [0.05, 0.1) is 14.2 Å². The first kappa shape index (κ1) is 19.3.